The van der Waals surface area contributed by atoms with Crippen LogP contribution in [0, 0.1) is 5.92 Å². The van der Waals surface area contributed by atoms with Gasteiger partial charge in [-0.2, -0.15) is 13.4 Å². The van der Waals surface area contributed by atoms with Crippen LogP contribution in [0.2, 0.25) is 0 Å². The summed E-state index contributed by atoms with van der Waals surface area (Å²) in [6.45, 7) is 3.64. The second-order valence-corrected chi connectivity index (χ2v) is 9.74. The van der Waals surface area contributed by atoms with Gasteiger partial charge in [0.05, 0.1) is 17.4 Å². The molecule has 0 aromatic heterocycles. The predicted octanol–water partition coefficient (Wildman–Crippen LogP) is 3.52. The third-order valence-corrected chi connectivity index (χ3v) is 7.23. The van der Waals surface area contributed by atoms with Gasteiger partial charge in [0.1, 0.15) is 22.3 Å². The Hall–Kier alpha value is -2.36. The number of fused-ring (bicyclic) bond motifs is 2. The SMILES string of the molecule is CC(C)[C@H](NS(=O)(=O)c1cccc2c1N=S=N2)C(=O)NC1CCc2ccccc21. The van der Waals surface area contributed by atoms with Gasteiger partial charge in [-0.05, 0) is 42.0 Å². The van der Waals surface area contributed by atoms with Gasteiger partial charge < -0.3 is 5.32 Å². The number of amides is 1. The highest BCUT2D eigenvalue weighted by molar-refractivity contribution is 7.89. The molecule has 0 bridgehead atoms. The van der Waals surface area contributed by atoms with Crippen LogP contribution >= 0.6 is 0 Å². The molecule has 152 valence electrons. The Balaban J connectivity index is 1.55. The molecule has 2 aromatic rings. The Morgan fingerprint density at radius 2 is 1.93 bits per heavy atom. The zero-order valence-corrected chi connectivity index (χ0v) is 17.8. The minimum atomic E-state index is -3.95. The van der Waals surface area contributed by atoms with Gasteiger partial charge in [0, 0.05) is 0 Å². The number of nitrogens with zero attached hydrogens (tertiary/aromatic N) is 2. The van der Waals surface area contributed by atoms with E-state index in [9.17, 15) is 13.2 Å². The third-order valence-electron chi connectivity index (χ3n) is 5.22. The van der Waals surface area contributed by atoms with Gasteiger partial charge in [-0.25, -0.2) is 8.42 Å². The third kappa shape index (κ3) is 3.90. The summed E-state index contributed by atoms with van der Waals surface area (Å²) in [6, 6.07) is 11.8. The number of aryl methyl sites for hydroxylation is 1. The van der Waals surface area contributed by atoms with Gasteiger partial charge >= 0.3 is 0 Å². The minimum Gasteiger partial charge on any atom is -0.348 e. The van der Waals surface area contributed by atoms with Crippen LogP contribution in [0.25, 0.3) is 0 Å². The average molecular weight is 431 g/mol. The fraction of sp³-hybridized carbons (Fsp3) is 0.350. The molecule has 1 unspecified atom stereocenters. The van der Waals surface area contributed by atoms with Gasteiger partial charge in [-0.1, -0.05) is 44.2 Å². The number of sulfonamides is 1. The second-order valence-electron chi connectivity index (χ2n) is 7.53. The standard InChI is InChI=1S/C20H22N4O3S2/c1-12(2)18(20(25)21-15-11-10-13-6-3-4-7-14(13)15)24-29(26,27)17-9-5-8-16-19(17)23-28-22-16/h3-9,12,15,18,24H,10-11H2,1-2H3,(H,21,25)/t15?,18-/m0/s1. The van der Waals surface area contributed by atoms with E-state index in [0.29, 0.717) is 11.4 Å². The summed E-state index contributed by atoms with van der Waals surface area (Å²) in [6.07, 6.45) is 1.71. The number of hydrogen-bond acceptors (Lipinski definition) is 5. The fourth-order valence-electron chi connectivity index (χ4n) is 3.69. The normalized spacial score (nSPS) is 18.2. The van der Waals surface area contributed by atoms with Crippen LogP contribution in [0.15, 0.2) is 56.1 Å². The van der Waals surface area contributed by atoms with E-state index in [1.165, 1.54) is 11.6 Å². The van der Waals surface area contributed by atoms with Crippen molar-refractivity contribution in [3.05, 3.63) is 53.6 Å². The summed E-state index contributed by atoms with van der Waals surface area (Å²) in [5.74, 6) is -0.553. The smallest absolute Gasteiger partial charge is 0.243 e. The number of nitrogens with one attached hydrogen (secondary N) is 2. The van der Waals surface area contributed by atoms with Crippen LogP contribution in [0.3, 0.4) is 0 Å². The number of benzene rings is 2. The zero-order valence-electron chi connectivity index (χ0n) is 16.1. The average Bonchev–Trinajstić information content (AvgIpc) is 3.33. The summed E-state index contributed by atoms with van der Waals surface area (Å²) in [5, 5.41) is 3.03. The van der Waals surface area contributed by atoms with Crippen molar-refractivity contribution in [1.82, 2.24) is 10.0 Å². The van der Waals surface area contributed by atoms with Crippen molar-refractivity contribution in [2.24, 2.45) is 14.6 Å². The van der Waals surface area contributed by atoms with Gasteiger partial charge in [0.2, 0.25) is 15.9 Å². The number of hydrogen-bond donors (Lipinski definition) is 2. The first-order valence-corrected chi connectivity index (χ1v) is 11.7. The maximum absolute atomic E-state index is 13.0. The van der Waals surface area contributed by atoms with Crippen molar-refractivity contribution >= 4 is 38.7 Å². The molecule has 2 atom stereocenters. The van der Waals surface area contributed by atoms with Crippen molar-refractivity contribution < 1.29 is 13.2 Å². The Kier molecular flexibility index (Phi) is 5.37. The van der Waals surface area contributed by atoms with E-state index >= 15 is 0 Å². The van der Waals surface area contributed by atoms with E-state index in [-0.39, 0.29) is 22.8 Å². The van der Waals surface area contributed by atoms with Crippen molar-refractivity contribution in [1.29, 1.82) is 0 Å². The van der Waals surface area contributed by atoms with E-state index in [4.69, 9.17) is 0 Å². The monoisotopic (exact) mass is 430 g/mol. The molecule has 29 heavy (non-hydrogen) atoms. The van der Waals surface area contributed by atoms with E-state index in [2.05, 4.69) is 24.8 Å². The first-order valence-electron chi connectivity index (χ1n) is 9.48. The van der Waals surface area contributed by atoms with Crippen LogP contribution in [0.1, 0.15) is 37.4 Å². The molecule has 0 fully saturated rings. The number of carbonyl (C=O) groups is 1. The maximum atomic E-state index is 13.0. The van der Waals surface area contributed by atoms with Crippen LogP contribution in [0.4, 0.5) is 11.4 Å². The Bertz CT molecular complexity index is 1140. The molecular weight excluding hydrogens is 408 g/mol. The van der Waals surface area contributed by atoms with Gasteiger partial charge in [0.15, 0.2) is 0 Å². The molecule has 2 aromatic carbocycles. The molecule has 1 heterocycles. The largest absolute Gasteiger partial charge is 0.348 e. The van der Waals surface area contributed by atoms with E-state index < -0.39 is 16.1 Å². The fourth-order valence-corrected chi connectivity index (χ4v) is 5.80. The molecular formula is C20H22N4O3S2. The number of rotatable bonds is 6. The lowest BCUT2D eigenvalue weighted by molar-refractivity contribution is -0.124. The van der Waals surface area contributed by atoms with Crippen molar-refractivity contribution in [2.75, 3.05) is 0 Å². The molecule has 1 aliphatic carbocycles. The second kappa shape index (κ2) is 7.81. The molecule has 9 heteroatoms. The van der Waals surface area contributed by atoms with Gasteiger partial charge in [-0.3, -0.25) is 4.79 Å². The molecule has 7 nitrogen and oxygen atoms in total. The lowest BCUT2D eigenvalue weighted by Crippen LogP contribution is -2.50. The van der Waals surface area contributed by atoms with Gasteiger partial charge in [0.25, 0.3) is 0 Å². The molecule has 2 N–H and O–H groups in total. The van der Waals surface area contributed by atoms with Crippen molar-refractivity contribution in [2.45, 2.75) is 43.7 Å². The van der Waals surface area contributed by atoms with E-state index in [1.54, 1.807) is 12.1 Å². The Morgan fingerprint density at radius 3 is 2.72 bits per heavy atom. The molecule has 4 rings (SSSR count). The topological polar surface area (TPSA) is 100.0 Å². The molecule has 1 amide bonds. The Morgan fingerprint density at radius 1 is 1.14 bits per heavy atom. The van der Waals surface area contributed by atoms with E-state index in [0.717, 1.165) is 29.8 Å². The summed E-state index contributed by atoms with van der Waals surface area (Å²) >= 11 is 0.958. The lowest BCUT2D eigenvalue weighted by Gasteiger charge is -2.24. The quantitative estimate of drug-likeness (QED) is 0.626. The van der Waals surface area contributed by atoms with E-state index in [1.807, 2.05) is 32.0 Å². The summed E-state index contributed by atoms with van der Waals surface area (Å²) < 4.78 is 36.9. The van der Waals surface area contributed by atoms with Crippen LogP contribution < -0.4 is 10.0 Å². The molecule has 2 aliphatic rings. The van der Waals surface area contributed by atoms with Crippen LogP contribution in [0.5, 0.6) is 0 Å². The maximum Gasteiger partial charge on any atom is 0.243 e. The molecule has 0 radical (unpaired) electrons. The van der Waals surface area contributed by atoms with Gasteiger partial charge in [-0.15, -0.1) is 0 Å². The highest BCUT2D eigenvalue weighted by Crippen LogP contribution is 2.37. The van der Waals surface area contributed by atoms with Crippen LogP contribution in [-0.4, -0.2) is 20.4 Å². The predicted molar refractivity (Wildman–Crippen MR) is 113 cm³/mol. The first kappa shape index (κ1) is 19.9. The van der Waals surface area contributed by atoms with Crippen molar-refractivity contribution in [3.8, 4) is 0 Å². The molecule has 0 saturated carbocycles. The number of carbonyl (C=O) groups excluding carboxylic acids is 1. The molecule has 1 aliphatic heterocycles. The van der Waals surface area contributed by atoms with Crippen LogP contribution in [-0.2, 0) is 32.6 Å². The lowest BCUT2D eigenvalue weighted by atomic mass is 10.0. The highest BCUT2D eigenvalue weighted by Gasteiger charge is 2.33. The summed E-state index contributed by atoms with van der Waals surface area (Å²) in [5.41, 5.74) is 3.16. The zero-order chi connectivity index (χ0) is 20.6. The minimum absolute atomic E-state index is 0.0356. The Labute approximate surface area is 173 Å². The summed E-state index contributed by atoms with van der Waals surface area (Å²) in [4.78, 5) is 13.0. The van der Waals surface area contributed by atoms with Crippen molar-refractivity contribution in [3.63, 3.8) is 0 Å². The summed E-state index contributed by atoms with van der Waals surface area (Å²) in [7, 11) is -3.95. The first-order chi connectivity index (χ1) is 13.9. The highest BCUT2D eigenvalue weighted by atomic mass is 32.2. The molecule has 0 spiro atoms. The molecule has 0 saturated heterocycles.